The van der Waals surface area contributed by atoms with Gasteiger partial charge >= 0.3 is 6.18 Å². The summed E-state index contributed by atoms with van der Waals surface area (Å²) in [7, 11) is 1.01. The zero-order valence-corrected chi connectivity index (χ0v) is 4.77. The lowest BCUT2D eigenvalue weighted by atomic mass is 10.4. The molecule has 0 aliphatic heterocycles. The maximum Gasteiger partial charge on any atom is 0.393 e. The summed E-state index contributed by atoms with van der Waals surface area (Å²) in [4.78, 5) is 0. The minimum absolute atomic E-state index is 1.01. The Kier molecular flexibility index (Phi) is 2.93. The Labute approximate surface area is 50.2 Å². The predicted octanol–water partition coefficient (Wildman–Crippen LogP) is 0.904. The Morgan fingerprint density at radius 3 is 2.11 bits per heavy atom. The Balaban J connectivity index is 3.47. The van der Waals surface area contributed by atoms with Crippen molar-refractivity contribution in [1.82, 2.24) is 0 Å². The summed E-state index contributed by atoms with van der Waals surface area (Å²) in [6.07, 6.45) is -7.40. The maximum absolute atomic E-state index is 11.3. The third-order valence-electron chi connectivity index (χ3n) is 0.678. The average molecular weight is 144 g/mol. The fourth-order valence-corrected chi connectivity index (χ4v) is 0.281. The van der Waals surface area contributed by atoms with E-state index in [0.717, 1.165) is 7.11 Å². The number of halogens is 3. The first-order valence-electron chi connectivity index (χ1n) is 2.23. The standard InChI is InChI=1S/C4H7F3O2/c1-9-3(8)2-4(5,6)7/h3,8H,2H2,1H3. The fourth-order valence-electron chi connectivity index (χ4n) is 0.281. The highest BCUT2D eigenvalue weighted by atomic mass is 19.4. The number of hydrogen-bond donors (Lipinski definition) is 1. The highest BCUT2D eigenvalue weighted by molar-refractivity contribution is 4.51. The molecule has 0 amide bonds. The molecule has 1 N–H and O–H groups in total. The first-order valence-corrected chi connectivity index (χ1v) is 2.23. The van der Waals surface area contributed by atoms with E-state index in [2.05, 4.69) is 4.74 Å². The molecule has 2 nitrogen and oxygen atoms in total. The van der Waals surface area contributed by atoms with Gasteiger partial charge in [0.25, 0.3) is 0 Å². The average Bonchev–Trinajstić information content (AvgIpc) is 1.62. The molecule has 5 heteroatoms. The van der Waals surface area contributed by atoms with Gasteiger partial charge in [-0.3, -0.25) is 0 Å². The molecule has 0 aliphatic carbocycles. The molecular weight excluding hydrogens is 137 g/mol. The highest BCUT2D eigenvalue weighted by Crippen LogP contribution is 2.21. The Morgan fingerprint density at radius 1 is 1.56 bits per heavy atom. The molecule has 0 rings (SSSR count). The summed E-state index contributed by atoms with van der Waals surface area (Å²) < 4.78 is 37.7. The van der Waals surface area contributed by atoms with E-state index in [-0.39, 0.29) is 0 Å². The zero-order valence-electron chi connectivity index (χ0n) is 4.77. The zero-order chi connectivity index (χ0) is 7.49. The minimum Gasteiger partial charge on any atom is -0.368 e. The van der Waals surface area contributed by atoms with Gasteiger partial charge in [-0.15, -0.1) is 0 Å². The second-order valence-electron chi connectivity index (χ2n) is 1.51. The van der Waals surface area contributed by atoms with Gasteiger partial charge in [0.15, 0.2) is 6.29 Å². The molecule has 0 aromatic heterocycles. The van der Waals surface area contributed by atoms with Gasteiger partial charge in [-0.25, -0.2) is 0 Å². The molecule has 0 fully saturated rings. The van der Waals surface area contributed by atoms with Crippen molar-refractivity contribution in [2.75, 3.05) is 7.11 Å². The van der Waals surface area contributed by atoms with Gasteiger partial charge in [0, 0.05) is 7.11 Å². The summed E-state index contributed by atoms with van der Waals surface area (Å²) in [5.74, 6) is 0. The predicted molar refractivity (Wildman–Crippen MR) is 23.7 cm³/mol. The molecule has 9 heavy (non-hydrogen) atoms. The monoisotopic (exact) mass is 144 g/mol. The number of alkyl halides is 3. The molecule has 0 aromatic carbocycles. The molecule has 0 aliphatic rings. The quantitative estimate of drug-likeness (QED) is 0.583. The number of hydrogen-bond acceptors (Lipinski definition) is 2. The van der Waals surface area contributed by atoms with E-state index in [1.165, 1.54) is 0 Å². The third kappa shape index (κ3) is 5.58. The summed E-state index contributed by atoms with van der Waals surface area (Å²) in [5.41, 5.74) is 0. The Hall–Kier alpha value is -0.290. The topological polar surface area (TPSA) is 29.5 Å². The van der Waals surface area contributed by atoms with E-state index in [1.54, 1.807) is 0 Å². The van der Waals surface area contributed by atoms with Gasteiger partial charge in [-0.05, 0) is 0 Å². The van der Waals surface area contributed by atoms with Crippen LogP contribution in [-0.4, -0.2) is 24.7 Å². The van der Waals surface area contributed by atoms with Gasteiger partial charge < -0.3 is 9.84 Å². The number of aliphatic hydroxyl groups excluding tert-OH is 1. The second kappa shape index (κ2) is 3.03. The molecule has 0 bridgehead atoms. The van der Waals surface area contributed by atoms with E-state index in [9.17, 15) is 13.2 Å². The summed E-state index contributed by atoms with van der Waals surface area (Å²) in [6.45, 7) is 0. The fraction of sp³-hybridized carbons (Fsp3) is 1.00. The van der Waals surface area contributed by atoms with Crippen molar-refractivity contribution in [3.05, 3.63) is 0 Å². The molecule has 0 saturated carbocycles. The van der Waals surface area contributed by atoms with E-state index in [4.69, 9.17) is 5.11 Å². The van der Waals surface area contributed by atoms with Gasteiger partial charge in [0.05, 0.1) is 6.42 Å². The van der Waals surface area contributed by atoms with Crippen molar-refractivity contribution in [3.8, 4) is 0 Å². The van der Waals surface area contributed by atoms with Crippen LogP contribution in [0.4, 0.5) is 13.2 Å². The van der Waals surface area contributed by atoms with Crippen LogP contribution < -0.4 is 0 Å². The number of methoxy groups -OCH3 is 1. The van der Waals surface area contributed by atoms with E-state index >= 15 is 0 Å². The smallest absolute Gasteiger partial charge is 0.368 e. The molecule has 0 radical (unpaired) electrons. The molecule has 1 unspecified atom stereocenters. The first kappa shape index (κ1) is 8.71. The van der Waals surface area contributed by atoms with E-state index in [1.807, 2.05) is 0 Å². The van der Waals surface area contributed by atoms with Crippen LogP contribution in [0.2, 0.25) is 0 Å². The Bertz CT molecular complexity index is 80.4. The van der Waals surface area contributed by atoms with Crippen LogP contribution in [0.25, 0.3) is 0 Å². The Morgan fingerprint density at radius 2 is 2.00 bits per heavy atom. The summed E-state index contributed by atoms with van der Waals surface area (Å²) >= 11 is 0. The molecule has 1 atom stereocenters. The number of aliphatic hydroxyl groups is 1. The van der Waals surface area contributed by atoms with E-state index < -0.39 is 18.9 Å². The van der Waals surface area contributed by atoms with Crippen molar-refractivity contribution < 1.29 is 23.0 Å². The molecule has 56 valence electrons. The van der Waals surface area contributed by atoms with Gasteiger partial charge in [0.1, 0.15) is 0 Å². The number of rotatable bonds is 2. The van der Waals surface area contributed by atoms with Crippen molar-refractivity contribution in [2.45, 2.75) is 18.9 Å². The van der Waals surface area contributed by atoms with Gasteiger partial charge in [0.2, 0.25) is 0 Å². The largest absolute Gasteiger partial charge is 0.393 e. The van der Waals surface area contributed by atoms with Crippen molar-refractivity contribution in [2.24, 2.45) is 0 Å². The van der Waals surface area contributed by atoms with Crippen molar-refractivity contribution in [3.63, 3.8) is 0 Å². The van der Waals surface area contributed by atoms with E-state index in [0.29, 0.717) is 0 Å². The third-order valence-corrected chi connectivity index (χ3v) is 0.678. The van der Waals surface area contributed by atoms with Crippen LogP contribution in [0.15, 0.2) is 0 Å². The molecule has 0 saturated heterocycles. The number of ether oxygens (including phenoxy) is 1. The molecule has 0 spiro atoms. The van der Waals surface area contributed by atoms with Gasteiger partial charge in [-0.1, -0.05) is 0 Å². The van der Waals surface area contributed by atoms with Crippen LogP contribution in [-0.2, 0) is 4.74 Å². The summed E-state index contributed by atoms with van der Waals surface area (Å²) in [5, 5.41) is 8.25. The first-order chi connectivity index (χ1) is 3.95. The normalized spacial score (nSPS) is 15.7. The SMILES string of the molecule is COC(O)CC(F)(F)F. The van der Waals surface area contributed by atoms with Crippen LogP contribution >= 0.6 is 0 Å². The lowest BCUT2D eigenvalue weighted by Gasteiger charge is -2.09. The second-order valence-corrected chi connectivity index (χ2v) is 1.51. The minimum atomic E-state index is -4.35. The lowest BCUT2D eigenvalue weighted by molar-refractivity contribution is -0.196. The molecule has 0 heterocycles. The molecule has 0 aromatic rings. The van der Waals surface area contributed by atoms with Crippen LogP contribution in [0.1, 0.15) is 6.42 Å². The molecular formula is C4H7F3O2. The summed E-state index contributed by atoms with van der Waals surface area (Å²) in [6, 6.07) is 0. The van der Waals surface area contributed by atoms with Crippen molar-refractivity contribution >= 4 is 0 Å². The van der Waals surface area contributed by atoms with Gasteiger partial charge in [-0.2, -0.15) is 13.2 Å². The lowest BCUT2D eigenvalue weighted by Crippen LogP contribution is -2.20. The van der Waals surface area contributed by atoms with Crippen LogP contribution in [0, 0.1) is 0 Å². The van der Waals surface area contributed by atoms with Crippen molar-refractivity contribution in [1.29, 1.82) is 0 Å². The maximum atomic E-state index is 11.3. The van der Waals surface area contributed by atoms with Crippen LogP contribution in [0.5, 0.6) is 0 Å². The highest BCUT2D eigenvalue weighted by Gasteiger charge is 2.30. The van der Waals surface area contributed by atoms with Crippen LogP contribution in [0.3, 0.4) is 0 Å².